The topological polar surface area (TPSA) is 34.1 Å². The first-order valence-electron chi connectivity index (χ1n) is 2.62. The van der Waals surface area contributed by atoms with Crippen LogP contribution in [0.3, 0.4) is 0 Å². The summed E-state index contributed by atoms with van der Waals surface area (Å²) in [6.07, 6.45) is 5.91. The van der Waals surface area contributed by atoms with Crippen molar-refractivity contribution in [3.8, 4) is 0 Å². The zero-order valence-electron chi connectivity index (χ0n) is 4.64. The minimum absolute atomic E-state index is 0.446. The summed E-state index contributed by atoms with van der Waals surface area (Å²) in [7, 11) is 0. The maximum atomic E-state index is 9.54. The highest BCUT2D eigenvalue weighted by atomic mass is 16.1. The summed E-state index contributed by atoms with van der Waals surface area (Å²) >= 11 is 0. The van der Waals surface area contributed by atoms with Gasteiger partial charge >= 0.3 is 0 Å². The number of unbranched alkanes of at least 4 members (excludes halogenated alkanes) is 3. The molecule has 8 heavy (non-hydrogen) atoms. The van der Waals surface area contributed by atoms with E-state index in [9.17, 15) is 9.59 Å². The van der Waals surface area contributed by atoms with Gasteiger partial charge in [-0.2, -0.15) is 0 Å². The average Bonchev–Trinajstić information content (AvgIpc) is 1.81. The van der Waals surface area contributed by atoms with Crippen molar-refractivity contribution in [2.45, 2.75) is 25.7 Å². The molecule has 0 N–H and O–H groups in total. The third-order valence-corrected chi connectivity index (χ3v) is 0.808. The average molecular weight is 112 g/mol. The van der Waals surface area contributed by atoms with E-state index in [-0.39, 0.29) is 0 Å². The summed E-state index contributed by atoms with van der Waals surface area (Å²) in [5.41, 5.74) is 0. The Morgan fingerprint density at radius 2 is 1.25 bits per heavy atom. The van der Waals surface area contributed by atoms with E-state index in [1.54, 1.807) is 12.6 Å². The van der Waals surface area contributed by atoms with Gasteiger partial charge in [0.15, 0.2) is 12.6 Å². The van der Waals surface area contributed by atoms with E-state index in [2.05, 4.69) is 0 Å². The highest BCUT2D eigenvalue weighted by Gasteiger charge is 1.85. The maximum Gasteiger partial charge on any atom is 0.198 e. The highest BCUT2D eigenvalue weighted by Crippen LogP contribution is 1.93. The molecule has 0 aromatic heterocycles. The van der Waals surface area contributed by atoms with E-state index in [0.29, 0.717) is 12.8 Å². The van der Waals surface area contributed by atoms with Gasteiger partial charge in [0.2, 0.25) is 0 Å². The molecule has 0 heterocycles. The van der Waals surface area contributed by atoms with E-state index in [1.165, 1.54) is 0 Å². The van der Waals surface area contributed by atoms with Crippen LogP contribution >= 0.6 is 0 Å². The van der Waals surface area contributed by atoms with Crippen molar-refractivity contribution in [3.63, 3.8) is 0 Å². The van der Waals surface area contributed by atoms with Gasteiger partial charge in [0.25, 0.3) is 0 Å². The van der Waals surface area contributed by atoms with Crippen LogP contribution < -0.4 is 0 Å². The van der Waals surface area contributed by atoms with Gasteiger partial charge in [-0.25, -0.2) is 0 Å². The number of rotatable bonds is 5. The monoisotopic (exact) mass is 112 g/mol. The highest BCUT2D eigenvalue weighted by molar-refractivity contribution is 5.51. The fourth-order valence-electron chi connectivity index (χ4n) is 0.394. The van der Waals surface area contributed by atoms with Gasteiger partial charge in [0.1, 0.15) is 0 Å². The molecule has 0 aromatic rings. The minimum atomic E-state index is 0.446. The second-order valence-corrected chi connectivity index (χ2v) is 1.50. The molecule has 0 bridgehead atoms. The molecule has 0 saturated carbocycles. The Balaban J connectivity index is 2.71. The maximum absolute atomic E-state index is 9.54. The van der Waals surface area contributed by atoms with Crippen molar-refractivity contribution in [1.82, 2.24) is 0 Å². The second kappa shape index (κ2) is 6.34. The minimum Gasteiger partial charge on any atom is -0.291 e. The summed E-state index contributed by atoms with van der Waals surface area (Å²) in [6.45, 7) is 0. The van der Waals surface area contributed by atoms with E-state index in [1.807, 2.05) is 0 Å². The first kappa shape index (κ1) is 7.34. The molecule has 0 aromatic carbocycles. The molecular formula is C6H8O2. The van der Waals surface area contributed by atoms with Crippen molar-refractivity contribution >= 4 is 12.6 Å². The second-order valence-electron chi connectivity index (χ2n) is 1.50. The van der Waals surface area contributed by atoms with Crippen LogP contribution in [0.15, 0.2) is 0 Å². The van der Waals surface area contributed by atoms with Crippen LogP contribution in [0, 0.1) is 0 Å². The molecule has 0 rings (SSSR count). The number of hydrogen-bond donors (Lipinski definition) is 0. The summed E-state index contributed by atoms with van der Waals surface area (Å²) < 4.78 is 0. The zero-order chi connectivity index (χ0) is 6.24. The fraction of sp³-hybridized carbons (Fsp3) is 0.667. The van der Waals surface area contributed by atoms with Gasteiger partial charge in [-0.15, -0.1) is 0 Å². The number of carbonyl (C=O) groups excluding carboxylic acids is 2. The van der Waals surface area contributed by atoms with Crippen LogP contribution in [0.2, 0.25) is 0 Å². The summed E-state index contributed by atoms with van der Waals surface area (Å²) in [6, 6.07) is 0. The lowest BCUT2D eigenvalue weighted by Gasteiger charge is -1.84. The summed E-state index contributed by atoms with van der Waals surface area (Å²) in [4.78, 5) is 19.1. The Bertz CT molecular complexity index is 58.9. The molecule has 0 fully saturated rings. The first-order chi connectivity index (χ1) is 3.91. The van der Waals surface area contributed by atoms with E-state index in [4.69, 9.17) is 0 Å². The Morgan fingerprint density at radius 3 is 1.50 bits per heavy atom. The molecule has 0 aliphatic heterocycles. The molecule has 0 spiro atoms. The van der Waals surface area contributed by atoms with Crippen molar-refractivity contribution in [3.05, 3.63) is 0 Å². The molecule has 44 valence electrons. The predicted molar refractivity (Wildman–Crippen MR) is 29.9 cm³/mol. The van der Waals surface area contributed by atoms with Crippen LogP contribution in [-0.4, -0.2) is 12.6 Å². The van der Waals surface area contributed by atoms with E-state index < -0.39 is 0 Å². The van der Waals surface area contributed by atoms with Crippen molar-refractivity contribution < 1.29 is 9.59 Å². The lowest BCUT2D eigenvalue weighted by molar-refractivity contribution is 0.539. The van der Waals surface area contributed by atoms with E-state index >= 15 is 0 Å². The summed E-state index contributed by atoms with van der Waals surface area (Å²) in [5, 5.41) is 0. The third kappa shape index (κ3) is 5.34. The Kier molecular flexibility index (Phi) is 5.82. The zero-order valence-corrected chi connectivity index (χ0v) is 4.64. The van der Waals surface area contributed by atoms with Crippen molar-refractivity contribution in [1.29, 1.82) is 0 Å². The van der Waals surface area contributed by atoms with Gasteiger partial charge in [-0.05, 0) is 12.8 Å². The van der Waals surface area contributed by atoms with Crippen molar-refractivity contribution in [2.24, 2.45) is 0 Å². The van der Waals surface area contributed by atoms with Gasteiger partial charge in [-0.3, -0.25) is 9.59 Å². The Hall–Kier alpha value is -0.660. The van der Waals surface area contributed by atoms with Crippen LogP contribution in [0.4, 0.5) is 0 Å². The lowest BCUT2D eigenvalue weighted by Crippen LogP contribution is -1.78. The molecule has 0 saturated heterocycles. The van der Waals surface area contributed by atoms with Gasteiger partial charge in [0, 0.05) is 12.8 Å². The first-order valence-corrected chi connectivity index (χ1v) is 2.62. The van der Waals surface area contributed by atoms with Crippen LogP contribution in [0.5, 0.6) is 0 Å². The van der Waals surface area contributed by atoms with Crippen LogP contribution in [0.25, 0.3) is 0 Å². The quantitative estimate of drug-likeness (QED) is 0.492. The van der Waals surface area contributed by atoms with Gasteiger partial charge in [0.05, 0.1) is 0 Å². The van der Waals surface area contributed by atoms with E-state index in [0.717, 1.165) is 12.8 Å². The smallest absolute Gasteiger partial charge is 0.198 e. The molecular weight excluding hydrogens is 104 g/mol. The molecule has 2 nitrogen and oxygen atoms in total. The largest absolute Gasteiger partial charge is 0.291 e. The lowest BCUT2D eigenvalue weighted by atomic mass is 10.2. The predicted octanol–water partition coefficient (Wildman–Crippen LogP) is 0.766. The Labute approximate surface area is 48.9 Å². The molecule has 0 aliphatic carbocycles. The number of hydrogen-bond acceptors (Lipinski definition) is 2. The van der Waals surface area contributed by atoms with Crippen molar-refractivity contribution in [2.75, 3.05) is 0 Å². The molecule has 0 atom stereocenters. The molecule has 0 aliphatic rings. The standard InChI is InChI=1S/C6H8O2/c7-5-3-1-2-4-6-8/h1-4H2. The summed E-state index contributed by atoms with van der Waals surface area (Å²) in [5.74, 6) is 0. The third-order valence-electron chi connectivity index (χ3n) is 0.808. The van der Waals surface area contributed by atoms with Crippen LogP contribution in [-0.2, 0) is 9.59 Å². The molecule has 2 radical (unpaired) electrons. The molecule has 0 unspecified atom stereocenters. The normalized spacial score (nSPS) is 8.50. The van der Waals surface area contributed by atoms with Gasteiger partial charge in [-0.1, -0.05) is 0 Å². The van der Waals surface area contributed by atoms with Crippen LogP contribution in [0.1, 0.15) is 25.7 Å². The molecule has 2 heteroatoms. The molecule has 0 amide bonds. The fourth-order valence-corrected chi connectivity index (χ4v) is 0.394. The Morgan fingerprint density at radius 1 is 0.875 bits per heavy atom. The SMILES string of the molecule is O=[C]CCCC[C]=O. The van der Waals surface area contributed by atoms with Gasteiger partial charge < -0.3 is 0 Å².